The smallest absolute Gasteiger partial charge is 0.236 e. The van der Waals surface area contributed by atoms with Gasteiger partial charge >= 0.3 is 0 Å². The Labute approximate surface area is 77.2 Å². The van der Waals surface area contributed by atoms with E-state index in [1.807, 2.05) is 0 Å². The molecule has 1 fully saturated rings. The Kier molecular flexibility index (Phi) is 3.65. The summed E-state index contributed by atoms with van der Waals surface area (Å²) in [7, 11) is 0. The Balaban J connectivity index is 2.31. The van der Waals surface area contributed by atoms with E-state index in [2.05, 4.69) is 5.32 Å². The first-order chi connectivity index (χ1) is 6.09. The molecule has 1 aliphatic rings. The number of nitrogens with two attached hydrogens (primary N) is 1. The molecule has 1 heterocycles. The van der Waals surface area contributed by atoms with Crippen LogP contribution in [0.25, 0.3) is 0 Å². The van der Waals surface area contributed by atoms with Gasteiger partial charge in [0.15, 0.2) is 0 Å². The van der Waals surface area contributed by atoms with Crippen molar-refractivity contribution in [1.29, 1.82) is 0 Å². The average molecular weight is 188 g/mol. The number of aliphatic hydroxyl groups is 1. The Morgan fingerprint density at radius 3 is 2.92 bits per heavy atom. The van der Waals surface area contributed by atoms with Crippen LogP contribution in [0, 0.1) is 0 Å². The summed E-state index contributed by atoms with van der Waals surface area (Å²) < 4.78 is 5.07. The lowest BCUT2D eigenvalue weighted by atomic mass is 10.1. The predicted octanol–water partition coefficient (Wildman–Crippen LogP) is -1.40. The summed E-state index contributed by atoms with van der Waals surface area (Å²) in [4.78, 5) is 11.1. The van der Waals surface area contributed by atoms with Gasteiger partial charge in [-0.3, -0.25) is 4.79 Å². The monoisotopic (exact) mass is 188 g/mol. The van der Waals surface area contributed by atoms with Crippen LogP contribution in [-0.4, -0.2) is 42.4 Å². The number of ether oxygens (including phenoxy) is 1. The molecule has 13 heavy (non-hydrogen) atoms. The second-order valence-corrected chi connectivity index (χ2v) is 3.42. The second kappa shape index (κ2) is 4.55. The van der Waals surface area contributed by atoms with E-state index in [-0.39, 0.29) is 11.9 Å². The van der Waals surface area contributed by atoms with E-state index in [1.165, 1.54) is 0 Å². The highest BCUT2D eigenvalue weighted by molar-refractivity contribution is 5.81. The quantitative estimate of drug-likeness (QED) is 0.497. The molecule has 1 aliphatic heterocycles. The number of amides is 1. The predicted molar refractivity (Wildman–Crippen MR) is 47.0 cm³/mol. The lowest BCUT2D eigenvalue weighted by molar-refractivity contribution is -0.124. The lowest BCUT2D eigenvalue weighted by Crippen LogP contribution is -2.49. The van der Waals surface area contributed by atoms with Crippen molar-refractivity contribution in [2.24, 2.45) is 5.73 Å². The fraction of sp³-hybridized carbons (Fsp3) is 0.875. The van der Waals surface area contributed by atoms with Crippen molar-refractivity contribution in [3.05, 3.63) is 0 Å². The van der Waals surface area contributed by atoms with Gasteiger partial charge in [0.05, 0.1) is 31.4 Å². The van der Waals surface area contributed by atoms with E-state index in [1.54, 1.807) is 6.92 Å². The zero-order chi connectivity index (χ0) is 9.84. The highest BCUT2D eigenvalue weighted by Gasteiger charge is 2.22. The minimum Gasteiger partial charge on any atom is -0.391 e. The normalized spacial score (nSPS) is 31.0. The summed E-state index contributed by atoms with van der Waals surface area (Å²) in [6.07, 6.45) is 0.0606. The molecule has 0 aromatic heterocycles. The molecule has 0 spiro atoms. The fourth-order valence-corrected chi connectivity index (χ4v) is 1.24. The molecule has 0 aliphatic carbocycles. The van der Waals surface area contributed by atoms with E-state index in [4.69, 9.17) is 10.5 Å². The Hall–Kier alpha value is -0.650. The molecule has 0 saturated carbocycles. The third kappa shape index (κ3) is 3.30. The van der Waals surface area contributed by atoms with Crippen molar-refractivity contribution in [2.45, 2.75) is 31.5 Å². The topological polar surface area (TPSA) is 84.6 Å². The standard InChI is InChI=1S/C8H16N2O3/c1-5(9)8(12)10-6-2-7(11)4-13-3-6/h5-7,11H,2-4,9H2,1H3,(H,10,12)/t5-,6?,7?/m1/s1. The molecule has 0 bridgehead atoms. The molecule has 5 nitrogen and oxygen atoms in total. The van der Waals surface area contributed by atoms with Gasteiger partial charge in [-0.2, -0.15) is 0 Å². The second-order valence-electron chi connectivity index (χ2n) is 3.42. The Morgan fingerprint density at radius 2 is 2.38 bits per heavy atom. The number of carbonyl (C=O) groups is 1. The molecule has 0 aromatic rings. The van der Waals surface area contributed by atoms with E-state index in [9.17, 15) is 9.90 Å². The van der Waals surface area contributed by atoms with Crippen molar-refractivity contribution in [3.63, 3.8) is 0 Å². The van der Waals surface area contributed by atoms with Gasteiger partial charge in [-0.1, -0.05) is 0 Å². The largest absolute Gasteiger partial charge is 0.391 e. The van der Waals surface area contributed by atoms with Crippen LogP contribution in [0.15, 0.2) is 0 Å². The zero-order valence-corrected chi connectivity index (χ0v) is 7.69. The number of rotatable bonds is 2. The van der Waals surface area contributed by atoms with Crippen molar-refractivity contribution in [3.8, 4) is 0 Å². The summed E-state index contributed by atoms with van der Waals surface area (Å²) in [5.74, 6) is -0.206. The minimum absolute atomic E-state index is 0.109. The van der Waals surface area contributed by atoms with Gasteiger partial charge in [-0.15, -0.1) is 0 Å². The molecule has 76 valence electrons. The maximum Gasteiger partial charge on any atom is 0.236 e. The third-order valence-electron chi connectivity index (χ3n) is 1.95. The molecule has 1 amide bonds. The van der Waals surface area contributed by atoms with Crippen LogP contribution in [0.3, 0.4) is 0 Å². The highest BCUT2D eigenvalue weighted by Crippen LogP contribution is 2.06. The van der Waals surface area contributed by atoms with Crippen LogP contribution in [0.2, 0.25) is 0 Å². The van der Waals surface area contributed by atoms with Crippen LogP contribution < -0.4 is 11.1 Å². The van der Waals surface area contributed by atoms with Crippen molar-refractivity contribution >= 4 is 5.91 Å². The van der Waals surface area contributed by atoms with Gasteiger partial charge in [0, 0.05) is 0 Å². The maximum absolute atomic E-state index is 11.1. The molecule has 3 atom stereocenters. The average Bonchev–Trinajstić information content (AvgIpc) is 2.04. The van der Waals surface area contributed by atoms with Crippen LogP contribution in [0.4, 0.5) is 0 Å². The third-order valence-corrected chi connectivity index (χ3v) is 1.95. The number of nitrogens with one attached hydrogen (secondary N) is 1. The van der Waals surface area contributed by atoms with Crippen LogP contribution >= 0.6 is 0 Å². The van der Waals surface area contributed by atoms with Crippen molar-refractivity contribution in [2.75, 3.05) is 13.2 Å². The molecule has 1 saturated heterocycles. The molecule has 4 N–H and O–H groups in total. The number of carbonyl (C=O) groups excluding carboxylic acids is 1. The van der Waals surface area contributed by atoms with Crippen LogP contribution in [-0.2, 0) is 9.53 Å². The molecule has 0 radical (unpaired) electrons. The number of aliphatic hydroxyl groups excluding tert-OH is 1. The molecule has 0 aromatic carbocycles. The zero-order valence-electron chi connectivity index (χ0n) is 7.69. The Morgan fingerprint density at radius 1 is 1.69 bits per heavy atom. The summed E-state index contributed by atoms with van der Waals surface area (Å²) in [6, 6.07) is -0.624. The van der Waals surface area contributed by atoms with E-state index in [0.717, 1.165) is 0 Å². The van der Waals surface area contributed by atoms with Crippen molar-refractivity contribution < 1.29 is 14.6 Å². The summed E-state index contributed by atoms with van der Waals surface area (Å²) in [5, 5.41) is 11.9. The lowest BCUT2D eigenvalue weighted by Gasteiger charge is -2.27. The van der Waals surface area contributed by atoms with Gasteiger partial charge < -0.3 is 20.9 Å². The van der Waals surface area contributed by atoms with Crippen LogP contribution in [0.1, 0.15) is 13.3 Å². The first-order valence-corrected chi connectivity index (χ1v) is 4.41. The Bertz CT molecular complexity index is 184. The van der Waals surface area contributed by atoms with Gasteiger partial charge in [-0.05, 0) is 13.3 Å². The summed E-state index contributed by atoms with van der Waals surface area (Å²) >= 11 is 0. The van der Waals surface area contributed by atoms with Gasteiger partial charge in [0.25, 0.3) is 0 Å². The maximum atomic E-state index is 11.1. The minimum atomic E-state index is -0.515. The highest BCUT2D eigenvalue weighted by atomic mass is 16.5. The van der Waals surface area contributed by atoms with Gasteiger partial charge in [-0.25, -0.2) is 0 Å². The van der Waals surface area contributed by atoms with E-state index in [0.29, 0.717) is 19.6 Å². The summed E-state index contributed by atoms with van der Waals surface area (Å²) in [6.45, 7) is 2.43. The first-order valence-electron chi connectivity index (χ1n) is 4.41. The van der Waals surface area contributed by atoms with Gasteiger partial charge in [0.2, 0.25) is 5.91 Å². The van der Waals surface area contributed by atoms with E-state index >= 15 is 0 Å². The number of hydrogen-bond acceptors (Lipinski definition) is 4. The molecule has 1 rings (SSSR count). The summed E-state index contributed by atoms with van der Waals surface area (Å²) in [5.41, 5.74) is 5.37. The van der Waals surface area contributed by atoms with Crippen molar-refractivity contribution in [1.82, 2.24) is 5.32 Å². The molecular weight excluding hydrogens is 172 g/mol. The molecule has 5 heteroatoms. The van der Waals surface area contributed by atoms with E-state index < -0.39 is 12.1 Å². The first kappa shape index (κ1) is 10.4. The fourth-order valence-electron chi connectivity index (χ4n) is 1.24. The SMILES string of the molecule is C[C@@H](N)C(=O)NC1COCC(O)C1. The van der Waals surface area contributed by atoms with Crippen LogP contribution in [0.5, 0.6) is 0 Å². The van der Waals surface area contributed by atoms with Gasteiger partial charge in [0.1, 0.15) is 0 Å². The number of hydrogen-bond donors (Lipinski definition) is 3. The molecular formula is C8H16N2O3. The molecule has 2 unspecified atom stereocenters.